The Bertz CT molecular complexity index is 3220. The minimum absolute atomic E-state index is 0.853. The van der Waals surface area contributed by atoms with Crippen LogP contribution in [0.5, 0.6) is 0 Å². The van der Waals surface area contributed by atoms with Crippen LogP contribution in [0.25, 0.3) is 66.4 Å². The van der Waals surface area contributed by atoms with Gasteiger partial charge in [-0.25, -0.2) is 0 Å². The second-order valence-electron chi connectivity index (χ2n) is 15.7. The Morgan fingerprint density at radius 1 is 0.254 bits per heavy atom. The number of rotatable bonds is 10. The van der Waals surface area contributed by atoms with Crippen LogP contribution >= 0.6 is 0 Å². The van der Waals surface area contributed by atoms with Crippen molar-refractivity contribution < 1.29 is 4.42 Å². The fourth-order valence-electron chi connectivity index (χ4n) is 8.82. The highest BCUT2D eigenvalue weighted by atomic mass is 16.3. The Morgan fingerprint density at radius 3 is 1.24 bits per heavy atom. The first-order valence-electron chi connectivity index (χ1n) is 21.4. The Morgan fingerprint density at radius 2 is 0.667 bits per heavy atom. The lowest BCUT2D eigenvalue weighted by atomic mass is 9.99. The Balaban J connectivity index is 1.06. The van der Waals surface area contributed by atoms with E-state index in [0.717, 1.165) is 67.2 Å². The summed E-state index contributed by atoms with van der Waals surface area (Å²) < 4.78 is 6.47. The second kappa shape index (κ2) is 16.6. The molecule has 63 heavy (non-hydrogen) atoms. The highest BCUT2D eigenvalue weighted by Crippen LogP contribution is 2.47. The molecule has 10 aromatic carbocycles. The maximum Gasteiger partial charge on any atom is 0.137 e. The lowest BCUT2D eigenvalue weighted by Gasteiger charge is -2.29. The summed E-state index contributed by atoms with van der Waals surface area (Å²) in [6.07, 6.45) is 0. The summed E-state index contributed by atoms with van der Waals surface area (Å²) in [5.41, 5.74) is 17.4. The first-order valence-corrected chi connectivity index (χ1v) is 21.4. The van der Waals surface area contributed by atoms with Gasteiger partial charge in [-0.2, -0.15) is 0 Å². The maximum absolute atomic E-state index is 6.47. The van der Waals surface area contributed by atoms with E-state index in [2.05, 4.69) is 252 Å². The third-order valence-electron chi connectivity index (χ3n) is 11.9. The zero-order valence-electron chi connectivity index (χ0n) is 34.6. The number of para-hydroxylation sites is 2. The van der Waals surface area contributed by atoms with Crippen molar-refractivity contribution in [3.05, 3.63) is 255 Å². The first-order chi connectivity index (χ1) is 31.2. The van der Waals surface area contributed by atoms with Gasteiger partial charge in [-0.1, -0.05) is 182 Å². The molecule has 1 aromatic heterocycles. The fourth-order valence-corrected chi connectivity index (χ4v) is 8.82. The van der Waals surface area contributed by atoms with Gasteiger partial charge in [0.05, 0.1) is 16.8 Å². The van der Waals surface area contributed by atoms with Gasteiger partial charge in [-0.3, -0.25) is 0 Å². The van der Waals surface area contributed by atoms with Gasteiger partial charge in [-0.15, -0.1) is 0 Å². The van der Waals surface area contributed by atoms with E-state index in [0.29, 0.717) is 0 Å². The van der Waals surface area contributed by atoms with Crippen molar-refractivity contribution in [2.45, 2.75) is 0 Å². The van der Waals surface area contributed by atoms with Crippen molar-refractivity contribution in [2.75, 3.05) is 9.80 Å². The van der Waals surface area contributed by atoms with Crippen LogP contribution in [-0.4, -0.2) is 0 Å². The first kappa shape index (κ1) is 37.6. The highest BCUT2D eigenvalue weighted by Gasteiger charge is 2.23. The van der Waals surface area contributed by atoms with Crippen molar-refractivity contribution in [1.29, 1.82) is 0 Å². The molecule has 0 amide bonds. The average molecular weight is 807 g/mol. The summed E-state index contributed by atoms with van der Waals surface area (Å²) in [5, 5.41) is 2.16. The van der Waals surface area contributed by atoms with E-state index in [4.69, 9.17) is 4.42 Å². The lowest BCUT2D eigenvalue weighted by Crippen LogP contribution is -2.12. The molecule has 11 rings (SSSR count). The van der Waals surface area contributed by atoms with E-state index in [1.54, 1.807) is 0 Å². The summed E-state index contributed by atoms with van der Waals surface area (Å²) in [6.45, 7) is 0. The van der Waals surface area contributed by atoms with Crippen LogP contribution in [0.4, 0.5) is 34.1 Å². The summed E-state index contributed by atoms with van der Waals surface area (Å²) in [4.78, 5) is 4.75. The summed E-state index contributed by atoms with van der Waals surface area (Å²) >= 11 is 0. The van der Waals surface area contributed by atoms with Crippen LogP contribution in [0.15, 0.2) is 259 Å². The van der Waals surface area contributed by atoms with Crippen molar-refractivity contribution in [2.24, 2.45) is 0 Å². The Kier molecular flexibility index (Phi) is 9.89. The molecule has 0 radical (unpaired) electrons. The van der Waals surface area contributed by atoms with Crippen molar-refractivity contribution in [3.8, 4) is 44.5 Å². The molecule has 3 heteroatoms. The number of benzene rings is 10. The fraction of sp³-hybridized carbons (Fsp3) is 0. The van der Waals surface area contributed by atoms with Gasteiger partial charge in [-0.05, 0) is 112 Å². The molecule has 0 aliphatic rings. The van der Waals surface area contributed by atoms with Crippen LogP contribution in [0.3, 0.4) is 0 Å². The summed E-state index contributed by atoms with van der Waals surface area (Å²) in [7, 11) is 0. The monoisotopic (exact) mass is 806 g/mol. The van der Waals surface area contributed by atoms with Gasteiger partial charge in [0.2, 0.25) is 0 Å². The predicted octanol–water partition coefficient (Wildman–Crippen LogP) is 17.2. The van der Waals surface area contributed by atoms with E-state index < -0.39 is 0 Å². The Labute approximate surface area is 368 Å². The van der Waals surface area contributed by atoms with Crippen LogP contribution in [0, 0.1) is 0 Å². The molecule has 0 fully saturated rings. The average Bonchev–Trinajstić information content (AvgIpc) is 3.76. The number of fused-ring (bicyclic) bond motifs is 3. The van der Waals surface area contributed by atoms with Crippen LogP contribution in [-0.2, 0) is 0 Å². The quantitative estimate of drug-likeness (QED) is 0.137. The van der Waals surface area contributed by atoms with Gasteiger partial charge in [0.15, 0.2) is 0 Å². The maximum atomic E-state index is 6.47. The molecule has 0 unspecified atom stereocenters. The molecule has 1 heterocycles. The molecule has 298 valence electrons. The molecular weight excluding hydrogens is 765 g/mol. The number of nitrogens with zero attached hydrogens (tertiary/aromatic N) is 2. The molecule has 11 aromatic rings. The third-order valence-corrected chi connectivity index (χ3v) is 11.9. The van der Waals surface area contributed by atoms with Gasteiger partial charge in [0, 0.05) is 33.7 Å². The third kappa shape index (κ3) is 7.32. The number of hydrogen-bond donors (Lipinski definition) is 0. The van der Waals surface area contributed by atoms with E-state index in [1.165, 1.54) is 33.4 Å². The standard InChI is InChI=1S/C60H42N2O/c1-4-16-43(17-5-1)46-30-36-50(37-31-46)61(51-38-32-47(33-39-51)44-18-6-2-7-19-44)53-23-14-22-49(42-53)54-24-10-12-26-56(54)62(52-40-34-48(35-41-52)45-20-8-3-9-21-45)57-27-15-29-59-60(57)55-25-11-13-28-58(55)63-59/h1-42H. The molecule has 0 spiro atoms. The highest BCUT2D eigenvalue weighted by molar-refractivity contribution is 6.14. The largest absolute Gasteiger partial charge is 0.456 e. The van der Waals surface area contributed by atoms with Gasteiger partial charge >= 0.3 is 0 Å². The Hall–Kier alpha value is -8.40. The van der Waals surface area contributed by atoms with E-state index >= 15 is 0 Å². The molecule has 3 nitrogen and oxygen atoms in total. The predicted molar refractivity (Wildman–Crippen MR) is 265 cm³/mol. The lowest BCUT2D eigenvalue weighted by molar-refractivity contribution is 0.669. The second-order valence-corrected chi connectivity index (χ2v) is 15.7. The van der Waals surface area contributed by atoms with Gasteiger partial charge in [0.25, 0.3) is 0 Å². The van der Waals surface area contributed by atoms with Crippen LogP contribution in [0.2, 0.25) is 0 Å². The molecule has 0 atom stereocenters. The zero-order valence-corrected chi connectivity index (χ0v) is 34.6. The molecule has 0 N–H and O–H groups in total. The summed E-state index contributed by atoms with van der Waals surface area (Å²) in [6, 6.07) is 90.7. The van der Waals surface area contributed by atoms with Crippen LogP contribution < -0.4 is 9.80 Å². The molecule has 0 saturated carbocycles. The van der Waals surface area contributed by atoms with Crippen molar-refractivity contribution in [1.82, 2.24) is 0 Å². The van der Waals surface area contributed by atoms with Gasteiger partial charge < -0.3 is 14.2 Å². The summed E-state index contributed by atoms with van der Waals surface area (Å²) in [5.74, 6) is 0. The number of furan rings is 1. The zero-order chi connectivity index (χ0) is 42.0. The van der Waals surface area contributed by atoms with Gasteiger partial charge in [0.1, 0.15) is 11.2 Å². The van der Waals surface area contributed by atoms with Crippen molar-refractivity contribution in [3.63, 3.8) is 0 Å². The van der Waals surface area contributed by atoms with E-state index in [1.807, 2.05) is 12.1 Å². The van der Waals surface area contributed by atoms with E-state index in [9.17, 15) is 0 Å². The van der Waals surface area contributed by atoms with Crippen molar-refractivity contribution >= 4 is 56.1 Å². The molecular formula is C60H42N2O. The smallest absolute Gasteiger partial charge is 0.137 e. The molecule has 0 bridgehead atoms. The van der Waals surface area contributed by atoms with Crippen LogP contribution in [0.1, 0.15) is 0 Å². The van der Waals surface area contributed by atoms with E-state index in [-0.39, 0.29) is 0 Å². The minimum Gasteiger partial charge on any atom is -0.456 e. The topological polar surface area (TPSA) is 19.6 Å². The molecule has 0 aliphatic carbocycles. The minimum atomic E-state index is 0.853. The molecule has 0 saturated heterocycles. The molecule has 0 aliphatic heterocycles. The normalized spacial score (nSPS) is 11.2. The SMILES string of the molecule is c1ccc(-c2ccc(N(c3ccc(-c4ccccc4)cc3)c3cccc(-c4ccccc4N(c4ccc(-c5ccccc5)cc4)c4cccc5oc6ccccc6c45)c3)cc2)cc1. The number of hydrogen-bond acceptors (Lipinski definition) is 3. The number of anilines is 6.